The highest BCUT2D eigenvalue weighted by atomic mass is 32.1. The SMILES string of the molecule is Cc1cccc(N(c2ccc(-c3c4ccccc4c(-c4ccc5sc6ccccc6c5c4)c4ccccc34)cc2)c2cccc(C)c2)c1. The highest BCUT2D eigenvalue weighted by Crippen LogP contribution is 2.46. The highest BCUT2D eigenvalue weighted by molar-refractivity contribution is 7.25. The van der Waals surface area contributed by atoms with Gasteiger partial charge in [0.25, 0.3) is 0 Å². The first kappa shape index (κ1) is 28.5. The summed E-state index contributed by atoms with van der Waals surface area (Å²) >= 11 is 1.87. The Morgan fingerprint density at radius 3 is 1.40 bits per heavy atom. The third kappa shape index (κ3) is 4.76. The number of benzene rings is 8. The van der Waals surface area contributed by atoms with Gasteiger partial charge in [-0.25, -0.2) is 0 Å². The molecule has 9 rings (SSSR count). The second-order valence-corrected chi connectivity index (χ2v) is 13.8. The van der Waals surface area contributed by atoms with Crippen molar-refractivity contribution in [3.63, 3.8) is 0 Å². The lowest BCUT2D eigenvalue weighted by Crippen LogP contribution is -2.10. The first-order valence-electron chi connectivity index (χ1n) is 16.5. The van der Waals surface area contributed by atoms with Crippen LogP contribution in [0.3, 0.4) is 0 Å². The van der Waals surface area contributed by atoms with Crippen molar-refractivity contribution in [3.05, 3.63) is 175 Å². The Morgan fingerprint density at radius 1 is 0.354 bits per heavy atom. The highest BCUT2D eigenvalue weighted by Gasteiger charge is 2.19. The molecule has 1 aromatic heterocycles. The molecule has 0 N–H and O–H groups in total. The average molecular weight is 632 g/mol. The van der Waals surface area contributed by atoms with Crippen molar-refractivity contribution >= 4 is 70.1 Å². The molecule has 8 aromatic carbocycles. The van der Waals surface area contributed by atoms with Gasteiger partial charge >= 0.3 is 0 Å². The van der Waals surface area contributed by atoms with Gasteiger partial charge in [-0.1, -0.05) is 109 Å². The molecule has 0 aliphatic heterocycles. The smallest absolute Gasteiger partial charge is 0.0464 e. The van der Waals surface area contributed by atoms with Gasteiger partial charge in [0.15, 0.2) is 0 Å². The summed E-state index contributed by atoms with van der Waals surface area (Å²) in [4.78, 5) is 2.35. The van der Waals surface area contributed by atoms with Crippen molar-refractivity contribution in [2.24, 2.45) is 0 Å². The second kappa shape index (κ2) is 11.5. The zero-order chi connectivity index (χ0) is 32.2. The molecule has 0 radical (unpaired) electrons. The van der Waals surface area contributed by atoms with E-state index in [9.17, 15) is 0 Å². The van der Waals surface area contributed by atoms with Gasteiger partial charge in [-0.05, 0) is 123 Å². The van der Waals surface area contributed by atoms with E-state index in [1.807, 2.05) is 11.3 Å². The topological polar surface area (TPSA) is 3.24 Å². The number of fused-ring (bicyclic) bond motifs is 5. The van der Waals surface area contributed by atoms with Crippen molar-refractivity contribution in [1.29, 1.82) is 0 Å². The summed E-state index contributed by atoms with van der Waals surface area (Å²) in [5.74, 6) is 0. The van der Waals surface area contributed by atoms with Gasteiger partial charge in [-0.3, -0.25) is 0 Å². The van der Waals surface area contributed by atoms with Crippen molar-refractivity contribution in [2.75, 3.05) is 4.90 Å². The molecule has 0 atom stereocenters. The van der Waals surface area contributed by atoms with Crippen LogP contribution in [0, 0.1) is 13.8 Å². The number of anilines is 3. The maximum Gasteiger partial charge on any atom is 0.0464 e. The first-order valence-corrected chi connectivity index (χ1v) is 17.3. The van der Waals surface area contributed by atoms with Crippen LogP contribution in [0.1, 0.15) is 11.1 Å². The molecule has 0 saturated heterocycles. The largest absolute Gasteiger partial charge is 0.310 e. The van der Waals surface area contributed by atoms with Crippen molar-refractivity contribution in [2.45, 2.75) is 13.8 Å². The normalized spacial score (nSPS) is 11.5. The van der Waals surface area contributed by atoms with E-state index in [-0.39, 0.29) is 0 Å². The van der Waals surface area contributed by atoms with E-state index in [1.54, 1.807) is 0 Å². The zero-order valence-electron chi connectivity index (χ0n) is 26.9. The number of rotatable bonds is 5. The molecular weight excluding hydrogens is 599 g/mol. The monoisotopic (exact) mass is 631 g/mol. The molecule has 1 heterocycles. The van der Waals surface area contributed by atoms with Crippen LogP contribution in [0.5, 0.6) is 0 Å². The lowest BCUT2D eigenvalue weighted by atomic mass is 9.85. The van der Waals surface area contributed by atoms with Gasteiger partial charge in [0.2, 0.25) is 0 Å². The van der Waals surface area contributed by atoms with Crippen LogP contribution < -0.4 is 4.90 Å². The summed E-state index contributed by atoms with van der Waals surface area (Å²) in [5.41, 5.74) is 11.0. The molecule has 0 bridgehead atoms. The Hall–Kier alpha value is -5.70. The molecule has 0 spiro atoms. The van der Waals surface area contributed by atoms with Crippen molar-refractivity contribution in [1.82, 2.24) is 0 Å². The maximum atomic E-state index is 2.40. The van der Waals surface area contributed by atoms with Crippen LogP contribution in [0.2, 0.25) is 0 Å². The molecular formula is C46H33NS. The third-order valence-corrected chi connectivity index (χ3v) is 10.7. The summed E-state index contributed by atoms with van der Waals surface area (Å²) in [5, 5.41) is 7.74. The lowest BCUT2D eigenvalue weighted by Gasteiger charge is -2.26. The average Bonchev–Trinajstić information content (AvgIpc) is 3.49. The van der Waals surface area contributed by atoms with E-state index < -0.39 is 0 Å². The fourth-order valence-electron chi connectivity index (χ4n) is 7.39. The Morgan fingerprint density at radius 2 is 0.833 bits per heavy atom. The van der Waals surface area contributed by atoms with E-state index in [4.69, 9.17) is 0 Å². The third-order valence-electron chi connectivity index (χ3n) is 9.53. The van der Waals surface area contributed by atoms with Crippen LogP contribution in [0.15, 0.2) is 164 Å². The van der Waals surface area contributed by atoms with Crippen molar-refractivity contribution < 1.29 is 0 Å². The minimum absolute atomic E-state index is 1.14. The molecule has 9 aromatic rings. The summed E-state index contributed by atoms with van der Waals surface area (Å²) in [6.45, 7) is 4.31. The van der Waals surface area contributed by atoms with E-state index in [0.29, 0.717) is 0 Å². The molecule has 0 fully saturated rings. The fourth-order valence-corrected chi connectivity index (χ4v) is 8.48. The van der Waals surface area contributed by atoms with E-state index >= 15 is 0 Å². The second-order valence-electron chi connectivity index (χ2n) is 12.7. The molecule has 1 nitrogen and oxygen atoms in total. The Balaban J connectivity index is 1.23. The molecule has 228 valence electrons. The molecule has 0 aliphatic rings. The number of hydrogen-bond donors (Lipinski definition) is 0. The fraction of sp³-hybridized carbons (Fsp3) is 0.0435. The van der Waals surface area contributed by atoms with E-state index in [1.165, 1.54) is 75.1 Å². The van der Waals surface area contributed by atoms with Gasteiger partial charge in [-0.2, -0.15) is 0 Å². The van der Waals surface area contributed by atoms with Gasteiger partial charge in [0.05, 0.1) is 0 Å². The minimum Gasteiger partial charge on any atom is -0.310 e. The summed E-state index contributed by atoms with van der Waals surface area (Å²) in [6, 6.07) is 60.3. The lowest BCUT2D eigenvalue weighted by molar-refractivity contribution is 1.26. The molecule has 0 saturated carbocycles. The van der Waals surface area contributed by atoms with Crippen LogP contribution >= 0.6 is 11.3 Å². The summed E-state index contributed by atoms with van der Waals surface area (Å²) < 4.78 is 2.66. The maximum absolute atomic E-state index is 2.40. The van der Waals surface area contributed by atoms with Gasteiger partial charge in [0.1, 0.15) is 0 Å². The van der Waals surface area contributed by atoms with E-state index in [0.717, 1.165) is 17.1 Å². The van der Waals surface area contributed by atoms with Crippen LogP contribution in [0.25, 0.3) is 64.0 Å². The minimum atomic E-state index is 1.14. The number of thiophene rings is 1. The molecule has 2 heteroatoms. The van der Waals surface area contributed by atoms with Crippen LogP contribution in [-0.2, 0) is 0 Å². The van der Waals surface area contributed by atoms with Gasteiger partial charge in [0, 0.05) is 37.2 Å². The number of hydrogen-bond acceptors (Lipinski definition) is 2. The Labute approximate surface area is 285 Å². The van der Waals surface area contributed by atoms with Crippen LogP contribution in [-0.4, -0.2) is 0 Å². The zero-order valence-corrected chi connectivity index (χ0v) is 27.8. The predicted octanol–water partition coefficient (Wildman–Crippen LogP) is 13.8. The quantitative estimate of drug-likeness (QED) is 0.171. The standard InChI is InChI=1S/C46H33NS/c1-30-11-9-13-35(27-30)47(36-14-10-12-31(2)28-36)34-24-21-32(22-25-34)45-38-16-3-5-18-40(38)46(41-19-6-4-17-39(41)45)33-23-26-44-42(29-33)37-15-7-8-20-43(37)48-44/h3-29H,1-2H3. The van der Waals surface area contributed by atoms with Crippen LogP contribution in [0.4, 0.5) is 17.1 Å². The molecule has 48 heavy (non-hydrogen) atoms. The van der Waals surface area contributed by atoms with Gasteiger partial charge in [-0.15, -0.1) is 11.3 Å². The Kier molecular flexibility index (Phi) is 6.85. The van der Waals surface area contributed by atoms with Crippen molar-refractivity contribution in [3.8, 4) is 22.3 Å². The van der Waals surface area contributed by atoms with Gasteiger partial charge < -0.3 is 4.90 Å². The number of nitrogens with zero attached hydrogens (tertiary/aromatic N) is 1. The predicted molar refractivity (Wildman–Crippen MR) is 209 cm³/mol. The molecule has 0 unspecified atom stereocenters. The summed E-state index contributed by atoms with van der Waals surface area (Å²) in [7, 11) is 0. The Bertz CT molecular complexity index is 2540. The molecule has 0 amide bonds. The summed E-state index contributed by atoms with van der Waals surface area (Å²) in [6.07, 6.45) is 0. The first-order chi connectivity index (χ1) is 23.6. The van der Waals surface area contributed by atoms with E-state index in [2.05, 4.69) is 183 Å². The number of aryl methyl sites for hydroxylation is 2. The molecule has 0 aliphatic carbocycles.